The maximum atomic E-state index is 11.0. The van der Waals surface area contributed by atoms with E-state index in [0.717, 1.165) is 52.2 Å². The number of rotatable bonds is 10. The predicted octanol–water partition coefficient (Wildman–Crippen LogP) is 0.857. The van der Waals surface area contributed by atoms with E-state index in [4.69, 9.17) is 5.11 Å². The maximum Gasteiger partial charge on any atom is 0.305 e. The Labute approximate surface area is 117 Å². The molecule has 1 saturated heterocycles. The summed E-state index contributed by atoms with van der Waals surface area (Å²) in [5.41, 5.74) is -0.149. The van der Waals surface area contributed by atoms with Crippen molar-refractivity contribution >= 4 is 5.97 Å². The van der Waals surface area contributed by atoms with Crippen LogP contribution in [0.2, 0.25) is 0 Å². The molecule has 5 nitrogen and oxygen atoms in total. The maximum absolute atomic E-state index is 11.0. The fourth-order valence-electron chi connectivity index (χ4n) is 2.91. The Morgan fingerprint density at radius 3 is 2.16 bits per heavy atom. The van der Waals surface area contributed by atoms with Gasteiger partial charge in [0.15, 0.2) is 0 Å². The van der Waals surface area contributed by atoms with Gasteiger partial charge in [0.05, 0.1) is 12.0 Å². The summed E-state index contributed by atoms with van der Waals surface area (Å²) in [6.07, 6.45) is 1.36. The largest absolute Gasteiger partial charge is 0.481 e. The van der Waals surface area contributed by atoms with E-state index in [-0.39, 0.29) is 12.0 Å². The van der Waals surface area contributed by atoms with Crippen LogP contribution in [0.3, 0.4) is 0 Å². The second-order valence-electron chi connectivity index (χ2n) is 5.36. The highest BCUT2D eigenvalue weighted by Gasteiger charge is 2.43. The minimum Gasteiger partial charge on any atom is -0.481 e. The molecule has 1 heterocycles. The summed E-state index contributed by atoms with van der Waals surface area (Å²) in [5, 5.41) is 12.3. The molecule has 0 aromatic rings. The topological polar surface area (TPSA) is 55.8 Å². The van der Waals surface area contributed by atoms with E-state index < -0.39 is 5.97 Å². The molecular formula is C14H29N3O2. The minimum absolute atomic E-state index is 0.149. The Morgan fingerprint density at radius 1 is 1.16 bits per heavy atom. The third kappa shape index (κ3) is 4.44. The molecule has 19 heavy (non-hydrogen) atoms. The molecule has 2 N–H and O–H groups in total. The lowest BCUT2D eigenvalue weighted by Gasteiger charge is -2.50. The first-order chi connectivity index (χ1) is 9.07. The van der Waals surface area contributed by atoms with Crippen LogP contribution in [-0.4, -0.2) is 72.2 Å². The standard InChI is InChI=1S/C14H29N3O2/c1-4-16(5-2)8-7-9-17(6-3)14(10-13(18)19)11-15-12-14/h15H,4-12H2,1-3H3,(H,18,19). The van der Waals surface area contributed by atoms with Gasteiger partial charge in [0.1, 0.15) is 0 Å². The number of carbonyl (C=O) groups is 1. The van der Waals surface area contributed by atoms with Crippen LogP contribution in [0.25, 0.3) is 0 Å². The number of hydrogen-bond donors (Lipinski definition) is 2. The summed E-state index contributed by atoms with van der Waals surface area (Å²) < 4.78 is 0. The zero-order valence-corrected chi connectivity index (χ0v) is 12.6. The average Bonchev–Trinajstić information content (AvgIpc) is 2.35. The molecule has 0 radical (unpaired) electrons. The summed E-state index contributed by atoms with van der Waals surface area (Å²) in [4.78, 5) is 15.8. The summed E-state index contributed by atoms with van der Waals surface area (Å²) in [6.45, 7) is 13.3. The highest BCUT2D eigenvalue weighted by molar-refractivity contribution is 5.68. The van der Waals surface area contributed by atoms with E-state index in [9.17, 15) is 4.79 Å². The van der Waals surface area contributed by atoms with Crippen molar-refractivity contribution in [2.24, 2.45) is 0 Å². The van der Waals surface area contributed by atoms with Crippen LogP contribution in [-0.2, 0) is 4.79 Å². The zero-order chi connectivity index (χ0) is 14.3. The molecule has 1 aliphatic heterocycles. The Bertz CT molecular complexity index is 276. The van der Waals surface area contributed by atoms with Crippen molar-refractivity contribution in [1.82, 2.24) is 15.1 Å². The van der Waals surface area contributed by atoms with Crippen molar-refractivity contribution in [2.45, 2.75) is 39.2 Å². The second kappa shape index (κ2) is 7.82. The summed E-state index contributed by atoms with van der Waals surface area (Å²) >= 11 is 0. The monoisotopic (exact) mass is 271 g/mol. The number of carboxylic acids is 1. The molecule has 0 bridgehead atoms. The van der Waals surface area contributed by atoms with Gasteiger partial charge in [-0.2, -0.15) is 0 Å². The Morgan fingerprint density at radius 2 is 1.79 bits per heavy atom. The third-order valence-corrected chi connectivity index (χ3v) is 4.24. The second-order valence-corrected chi connectivity index (χ2v) is 5.36. The first-order valence-electron chi connectivity index (χ1n) is 7.48. The van der Waals surface area contributed by atoms with Crippen LogP contribution in [0.4, 0.5) is 0 Å². The fourth-order valence-corrected chi connectivity index (χ4v) is 2.91. The fraction of sp³-hybridized carbons (Fsp3) is 0.929. The molecule has 0 aromatic carbocycles. The first kappa shape index (κ1) is 16.4. The van der Waals surface area contributed by atoms with Crippen LogP contribution in [0.1, 0.15) is 33.6 Å². The molecule has 0 aromatic heterocycles. The van der Waals surface area contributed by atoms with Crippen LogP contribution < -0.4 is 5.32 Å². The van der Waals surface area contributed by atoms with E-state index in [2.05, 4.69) is 35.9 Å². The van der Waals surface area contributed by atoms with E-state index in [1.54, 1.807) is 0 Å². The van der Waals surface area contributed by atoms with Gasteiger partial charge in [0, 0.05) is 19.6 Å². The highest BCUT2D eigenvalue weighted by atomic mass is 16.4. The molecule has 0 spiro atoms. The first-order valence-corrected chi connectivity index (χ1v) is 7.48. The summed E-state index contributed by atoms with van der Waals surface area (Å²) in [6, 6.07) is 0. The lowest BCUT2D eigenvalue weighted by Crippen LogP contribution is -2.69. The Hall–Kier alpha value is -0.650. The van der Waals surface area contributed by atoms with Gasteiger partial charge >= 0.3 is 5.97 Å². The van der Waals surface area contributed by atoms with Gasteiger partial charge in [-0.1, -0.05) is 20.8 Å². The number of nitrogens with one attached hydrogen (secondary N) is 1. The van der Waals surface area contributed by atoms with Gasteiger partial charge in [-0.15, -0.1) is 0 Å². The van der Waals surface area contributed by atoms with E-state index >= 15 is 0 Å². The lowest BCUT2D eigenvalue weighted by atomic mass is 9.86. The molecule has 1 rings (SSSR count). The summed E-state index contributed by atoms with van der Waals surface area (Å²) in [7, 11) is 0. The zero-order valence-electron chi connectivity index (χ0n) is 12.6. The molecule has 0 unspecified atom stereocenters. The highest BCUT2D eigenvalue weighted by Crippen LogP contribution is 2.25. The molecule has 1 aliphatic rings. The van der Waals surface area contributed by atoms with Crippen molar-refractivity contribution in [3.8, 4) is 0 Å². The smallest absolute Gasteiger partial charge is 0.305 e. The molecule has 0 amide bonds. The normalized spacial score (nSPS) is 17.7. The number of nitrogens with zero attached hydrogens (tertiary/aromatic N) is 2. The van der Waals surface area contributed by atoms with Crippen LogP contribution in [0, 0.1) is 0 Å². The average molecular weight is 271 g/mol. The van der Waals surface area contributed by atoms with Gasteiger partial charge < -0.3 is 15.3 Å². The van der Waals surface area contributed by atoms with Crippen molar-refractivity contribution in [3.63, 3.8) is 0 Å². The lowest BCUT2D eigenvalue weighted by molar-refractivity contribution is -0.141. The number of aliphatic carboxylic acids is 1. The summed E-state index contributed by atoms with van der Waals surface area (Å²) in [5.74, 6) is -0.691. The molecule has 5 heteroatoms. The quantitative estimate of drug-likeness (QED) is 0.617. The third-order valence-electron chi connectivity index (χ3n) is 4.24. The van der Waals surface area contributed by atoms with Gasteiger partial charge in [-0.3, -0.25) is 9.69 Å². The SMILES string of the molecule is CCN(CC)CCCN(CC)C1(CC(=O)O)CNC1. The predicted molar refractivity (Wildman–Crippen MR) is 77.5 cm³/mol. The molecule has 0 aliphatic carbocycles. The molecule has 1 fully saturated rings. The van der Waals surface area contributed by atoms with Crippen molar-refractivity contribution in [3.05, 3.63) is 0 Å². The van der Waals surface area contributed by atoms with Gasteiger partial charge in [0.25, 0.3) is 0 Å². The van der Waals surface area contributed by atoms with Gasteiger partial charge in [-0.05, 0) is 32.6 Å². The number of hydrogen-bond acceptors (Lipinski definition) is 4. The van der Waals surface area contributed by atoms with Crippen molar-refractivity contribution in [1.29, 1.82) is 0 Å². The number of carboxylic acid groups (broad SMARTS) is 1. The number of likely N-dealkylation sites (N-methyl/N-ethyl adjacent to an activating group) is 1. The van der Waals surface area contributed by atoms with Gasteiger partial charge in [0.2, 0.25) is 0 Å². The van der Waals surface area contributed by atoms with E-state index in [0.29, 0.717) is 0 Å². The minimum atomic E-state index is -0.691. The Balaban J connectivity index is 2.45. The van der Waals surface area contributed by atoms with Gasteiger partial charge in [-0.25, -0.2) is 0 Å². The Kier molecular flexibility index (Phi) is 6.75. The molecule has 112 valence electrons. The van der Waals surface area contributed by atoms with Crippen molar-refractivity contribution in [2.75, 3.05) is 45.8 Å². The van der Waals surface area contributed by atoms with Crippen LogP contribution in [0.15, 0.2) is 0 Å². The van der Waals surface area contributed by atoms with Crippen LogP contribution >= 0.6 is 0 Å². The molecule has 0 saturated carbocycles. The van der Waals surface area contributed by atoms with E-state index in [1.807, 2.05) is 0 Å². The molecule has 0 atom stereocenters. The van der Waals surface area contributed by atoms with Crippen molar-refractivity contribution < 1.29 is 9.90 Å². The molecular weight excluding hydrogens is 242 g/mol. The van der Waals surface area contributed by atoms with E-state index in [1.165, 1.54) is 0 Å². The van der Waals surface area contributed by atoms with Crippen LogP contribution in [0.5, 0.6) is 0 Å².